The first-order chi connectivity index (χ1) is 13.0. The van der Waals surface area contributed by atoms with Crippen LogP contribution in [0.15, 0.2) is 24.3 Å². The van der Waals surface area contributed by atoms with Gasteiger partial charge in [0.15, 0.2) is 0 Å². The number of hydrogen-bond donors (Lipinski definition) is 1. The number of nitrogens with one attached hydrogen (secondary N) is 1. The Morgan fingerprint density at radius 1 is 1.22 bits per heavy atom. The molecule has 1 amide bonds. The molecule has 3 rings (SSSR count). The molecule has 2 heterocycles. The fourth-order valence-corrected chi connectivity index (χ4v) is 4.20. The van der Waals surface area contributed by atoms with Crippen LogP contribution in [0.4, 0.5) is 5.69 Å². The van der Waals surface area contributed by atoms with Crippen LogP contribution in [0.2, 0.25) is 0 Å². The van der Waals surface area contributed by atoms with E-state index >= 15 is 0 Å². The quantitative estimate of drug-likeness (QED) is 0.861. The average Bonchev–Trinajstić information content (AvgIpc) is 2.62. The van der Waals surface area contributed by atoms with Crippen molar-refractivity contribution in [3.63, 3.8) is 0 Å². The number of nitriles is 1. The van der Waals surface area contributed by atoms with Crippen LogP contribution >= 0.6 is 0 Å². The number of likely N-dealkylation sites (tertiary alicyclic amines) is 1. The van der Waals surface area contributed by atoms with E-state index in [4.69, 9.17) is 10.00 Å². The van der Waals surface area contributed by atoms with Crippen LogP contribution in [0.3, 0.4) is 0 Å². The average molecular weight is 370 g/mol. The van der Waals surface area contributed by atoms with Crippen molar-refractivity contribution in [2.24, 2.45) is 5.92 Å². The van der Waals surface area contributed by atoms with Gasteiger partial charge < -0.3 is 10.1 Å². The highest BCUT2D eigenvalue weighted by Gasteiger charge is 2.27. The third kappa shape index (κ3) is 6.03. The largest absolute Gasteiger partial charge is 0.373 e. The van der Waals surface area contributed by atoms with Crippen molar-refractivity contribution in [3.05, 3.63) is 29.8 Å². The molecular weight excluding hydrogens is 340 g/mol. The third-order valence-electron chi connectivity index (χ3n) is 5.36. The Hall–Kier alpha value is -1.94. The van der Waals surface area contributed by atoms with Crippen molar-refractivity contribution in [1.82, 2.24) is 9.80 Å². The van der Waals surface area contributed by atoms with Crippen LogP contribution in [0.5, 0.6) is 0 Å². The maximum absolute atomic E-state index is 12.3. The molecule has 27 heavy (non-hydrogen) atoms. The van der Waals surface area contributed by atoms with Gasteiger partial charge in [0.25, 0.3) is 0 Å². The van der Waals surface area contributed by atoms with Crippen molar-refractivity contribution in [1.29, 1.82) is 5.26 Å². The maximum atomic E-state index is 12.3. The summed E-state index contributed by atoms with van der Waals surface area (Å²) in [6, 6.07) is 9.13. The zero-order valence-electron chi connectivity index (χ0n) is 16.4. The lowest BCUT2D eigenvalue weighted by molar-refractivity contribution is -0.117. The first kappa shape index (κ1) is 19.8. The minimum Gasteiger partial charge on any atom is -0.373 e. The monoisotopic (exact) mass is 370 g/mol. The van der Waals surface area contributed by atoms with E-state index in [1.807, 2.05) is 6.07 Å². The van der Waals surface area contributed by atoms with Gasteiger partial charge in [0, 0.05) is 25.3 Å². The molecule has 1 aromatic rings. The van der Waals surface area contributed by atoms with Crippen LogP contribution in [0.25, 0.3) is 0 Å². The van der Waals surface area contributed by atoms with E-state index in [-0.39, 0.29) is 5.91 Å². The first-order valence-electron chi connectivity index (χ1n) is 9.92. The van der Waals surface area contributed by atoms with E-state index in [1.54, 1.807) is 18.2 Å². The van der Waals surface area contributed by atoms with Gasteiger partial charge >= 0.3 is 0 Å². The molecule has 1 N–H and O–H groups in total. The molecule has 2 aliphatic heterocycles. The second kappa shape index (κ2) is 9.32. The van der Waals surface area contributed by atoms with Crippen molar-refractivity contribution in [2.45, 2.75) is 38.9 Å². The minimum atomic E-state index is -0.0145. The molecule has 0 spiro atoms. The Morgan fingerprint density at radius 2 is 1.93 bits per heavy atom. The number of carbonyl (C=O) groups is 1. The van der Waals surface area contributed by atoms with Crippen LogP contribution in [0.1, 0.15) is 32.3 Å². The van der Waals surface area contributed by atoms with Gasteiger partial charge in [-0.15, -0.1) is 0 Å². The van der Waals surface area contributed by atoms with Gasteiger partial charge in [-0.2, -0.15) is 5.26 Å². The lowest BCUT2D eigenvalue weighted by Crippen LogP contribution is -2.48. The van der Waals surface area contributed by atoms with Crippen molar-refractivity contribution in [3.8, 4) is 6.07 Å². The second-order valence-electron chi connectivity index (χ2n) is 7.94. The van der Waals surface area contributed by atoms with Crippen molar-refractivity contribution >= 4 is 11.6 Å². The standard InChI is InChI=1S/C21H30N4O2/c1-16-12-25(13-17(2)27-16)14-18-6-8-24(9-7-18)15-21(26)23-20-5-3-4-19(10-20)11-22/h3-5,10,16-18H,6-9,12-15H2,1-2H3,(H,23,26)/t16-,17+. The molecule has 2 fully saturated rings. The predicted octanol–water partition coefficient (Wildman–Crippen LogP) is 2.32. The SMILES string of the molecule is C[C@@H]1CN(CC2CCN(CC(=O)Nc3cccc(C#N)c3)CC2)C[C@H](C)O1. The number of piperidine rings is 1. The second-order valence-corrected chi connectivity index (χ2v) is 7.94. The maximum Gasteiger partial charge on any atom is 0.238 e. The fourth-order valence-electron chi connectivity index (χ4n) is 4.20. The molecule has 0 saturated carbocycles. The van der Waals surface area contributed by atoms with Gasteiger partial charge in [-0.25, -0.2) is 0 Å². The molecule has 2 aliphatic rings. The molecular formula is C21H30N4O2. The number of benzene rings is 1. The molecule has 2 atom stereocenters. The van der Waals surface area contributed by atoms with Gasteiger partial charge in [0.1, 0.15) is 0 Å². The van der Waals surface area contributed by atoms with Crippen LogP contribution in [0, 0.1) is 17.2 Å². The van der Waals surface area contributed by atoms with E-state index in [0.29, 0.717) is 35.9 Å². The molecule has 0 unspecified atom stereocenters. The number of nitrogens with zero attached hydrogens (tertiary/aromatic N) is 3. The zero-order chi connectivity index (χ0) is 19.2. The third-order valence-corrected chi connectivity index (χ3v) is 5.36. The Balaban J connectivity index is 1.40. The Labute approximate surface area is 162 Å². The Kier molecular flexibility index (Phi) is 6.84. The lowest BCUT2D eigenvalue weighted by Gasteiger charge is -2.39. The number of hydrogen-bond acceptors (Lipinski definition) is 5. The van der Waals surface area contributed by atoms with Gasteiger partial charge in [0.2, 0.25) is 5.91 Å². The Bertz CT molecular complexity index is 669. The van der Waals surface area contributed by atoms with Crippen LogP contribution < -0.4 is 5.32 Å². The summed E-state index contributed by atoms with van der Waals surface area (Å²) in [6.45, 7) is 9.82. The smallest absolute Gasteiger partial charge is 0.238 e. The van der Waals surface area contributed by atoms with Gasteiger partial charge in [-0.05, 0) is 63.9 Å². The predicted molar refractivity (Wildman–Crippen MR) is 105 cm³/mol. The summed E-state index contributed by atoms with van der Waals surface area (Å²) in [7, 11) is 0. The van der Waals surface area contributed by atoms with E-state index in [0.717, 1.165) is 45.6 Å². The summed E-state index contributed by atoms with van der Waals surface area (Å²) in [5, 5.41) is 11.8. The molecule has 0 aromatic heterocycles. The number of anilines is 1. The van der Waals surface area contributed by atoms with E-state index in [1.165, 1.54) is 0 Å². The summed E-state index contributed by atoms with van der Waals surface area (Å²) in [5.41, 5.74) is 1.24. The number of morpholine rings is 1. The normalized spacial score (nSPS) is 25.1. The van der Waals surface area contributed by atoms with Crippen LogP contribution in [-0.4, -0.2) is 67.2 Å². The number of amides is 1. The summed E-state index contributed by atoms with van der Waals surface area (Å²) < 4.78 is 5.82. The number of ether oxygens (including phenoxy) is 1. The van der Waals surface area contributed by atoms with Gasteiger partial charge in [-0.1, -0.05) is 6.07 Å². The van der Waals surface area contributed by atoms with E-state index in [2.05, 4.69) is 35.0 Å². The topological polar surface area (TPSA) is 68.6 Å². The van der Waals surface area contributed by atoms with Crippen molar-refractivity contribution in [2.75, 3.05) is 44.6 Å². The molecule has 146 valence electrons. The summed E-state index contributed by atoms with van der Waals surface area (Å²) >= 11 is 0. The Morgan fingerprint density at radius 3 is 2.59 bits per heavy atom. The zero-order valence-corrected chi connectivity index (χ0v) is 16.4. The van der Waals surface area contributed by atoms with Gasteiger partial charge in [-0.3, -0.25) is 14.6 Å². The molecule has 0 radical (unpaired) electrons. The van der Waals surface area contributed by atoms with Crippen LogP contribution in [-0.2, 0) is 9.53 Å². The van der Waals surface area contributed by atoms with E-state index in [9.17, 15) is 4.79 Å². The molecule has 6 nitrogen and oxygen atoms in total. The fraction of sp³-hybridized carbons (Fsp3) is 0.619. The van der Waals surface area contributed by atoms with Crippen molar-refractivity contribution < 1.29 is 9.53 Å². The molecule has 6 heteroatoms. The highest BCUT2D eigenvalue weighted by Crippen LogP contribution is 2.21. The molecule has 2 saturated heterocycles. The summed E-state index contributed by atoms with van der Waals surface area (Å²) in [6.07, 6.45) is 2.91. The van der Waals surface area contributed by atoms with Gasteiger partial charge in [0.05, 0.1) is 30.4 Å². The molecule has 0 aliphatic carbocycles. The number of rotatable bonds is 5. The molecule has 0 bridgehead atoms. The highest BCUT2D eigenvalue weighted by atomic mass is 16.5. The summed E-state index contributed by atoms with van der Waals surface area (Å²) in [4.78, 5) is 17.1. The first-order valence-corrected chi connectivity index (χ1v) is 9.92. The van der Waals surface area contributed by atoms with E-state index < -0.39 is 0 Å². The minimum absolute atomic E-state index is 0.0145. The summed E-state index contributed by atoms with van der Waals surface area (Å²) in [5.74, 6) is 0.688. The highest BCUT2D eigenvalue weighted by molar-refractivity contribution is 5.92. The lowest BCUT2D eigenvalue weighted by atomic mass is 9.95. The number of carbonyl (C=O) groups excluding carboxylic acids is 1. The molecule has 1 aromatic carbocycles.